The van der Waals surface area contributed by atoms with Gasteiger partial charge in [0.25, 0.3) is 5.88 Å². The molecule has 9 heteroatoms. The van der Waals surface area contributed by atoms with E-state index in [0.29, 0.717) is 17.9 Å². The molecule has 1 aliphatic rings. The van der Waals surface area contributed by atoms with Crippen LogP contribution in [0.25, 0.3) is 5.57 Å². The molecule has 0 aliphatic carbocycles. The number of allylic oxidation sites excluding steroid dienone is 2. The maximum Gasteiger partial charge on any atom is 0.307 e. The van der Waals surface area contributed by atoms with Crippen LogP contribution in [0.2, 0.25) is 5.02 Å². The first-order chi connectivity index (χ1) is 14.9. The Balaban J connectivity index is 1.65. The zero-order valence-corrected chi connectivity index (χ0v) is 17.6. The Morgan fingerprint density at radius 3 is 2.81 bits per heavy atom. The Bertz CT molecular complexity index is 981. The van der Waals surface area contributed by atoms with Gasteiger partial charge >= 0.3 is 5.97 Å². The summed E-state index contributed by atoms with van der Waals surface area (Å²) in [7, 11) is 0. The van der Waals surface area contributed by atoms with E-state index in [2.05, 4.69) is 4.98 Å². The van der Waals surface area contributed by atoms with Crippen molar-refractivity contribution in [2.24, 2.45) is 5.73 Å². The van der Waals surface area contributed by atoms with E-state index in [-0.39, 0.29) is 29.8 Å². The molecule has 0 saturated carbocycles. The molecule has 0 radical (unpaired) electrons. The maximum atomic E-state index is 13.9. The van der Waals surface area contributed by atoms with Crippen LogP contribution in [0.4, 0.5) is 4.39 Å². The molecule has 31 heavy (non-hydrogen) atoms. The van der Waals surface area contributed by atoms with Crippen LogP contribution in [0, 0.1) is 5.82 Å². The lowest BCUT2D eigenvalue weighted by Crippen LogP contribution is -2.42. The number of aromatic nitrogens is 1. The standard InChI is InChI=1S/C22H23ClFN3O4/c1-2-30-20(28)11-16(25)13-27-9-3-4-18(22(27)29)14-5-7-17(8-6-14)31-21-19(24)10-15(23)12-26-21/h3-10,12,16,22,29H,2,11,13,25H2,1H3. The normalized spacial score (nSPS) is 16.6. The van der Waals surface area contributed by atoms with E-state index in [9.17, 15) is 14.3 Å². The van der Waals surface area contributed by atoms with Crippen molar-refractivity contribution in [1.82, 2.24) is 9.88 Å². The minimum absolute atomic E-state index is 0.0608. The molecule has 164 valence electrons. The number of hydrogen-bond donors (Lipinski definition) is 2. The fourth-order valence-electron chi connectivity index (χ4n) is 3.08. The number of carbonyl (C=O) groups is 1. The monoisotopic (exact) mass is 447 g/mol. The molecule has 2 heterocycles. The summed E-state index contributed by atoms with van der Waals surface area (Å²) in [6, 6.07) is 7.41. The number of rotatable bonds is 8. The predicted octanol–water partition coefficient (Wildman–Crippen LogP) is 3.48. The van der Waals surface area contributed by atoms with Crippen molar-refractivity contribution in [3.8, 4) is 11.6 Å². The maximum absolute atomic E-state index is 13.9. The Morgan fingerprint density at radius 2 is 2.13 bits per heavy atom. The molecular weight excluding hydrogens is 425 g/mol. The van der Waals surface area contributed by atoms with Crippen LogP contribution in [0.1, 0.15) is 18.9 Å². The summed E-state index contributed by atoms with van der Waals surface area (Å²) < 4.78 is 24.2. The number of aliphatic hydroxyl groups excluding tert-OH is 1. The number of halogens is 2. The topological polar surface area (TPSA) is 97.9 Å². The molecule has 0 bridgehead atoms. The van der Waals surface area contributed by atoms with Gasteiger partial charge < -0.3 is 25.2 Å². The van der Waals surface area contributed by atoms with Gasteiger partial charge in [0, 0.05) is 30.6 Å². The van der Waals surface area contributed by atoms with Crippen LogP contribution in [-0.4, -0.2) is 46.4 Å². The number of pyridine rings is 1. The van der Waals surface area contributed by atoms with Crippen LogP contribution in [0.3, 0.4) is 0 Å². The van der Waals surface area contributed by atoms with Crippen LogP contribution < -0.4 is 10.5 Å². The van der Waals surface area contributed by atoms with Gasteiger partial charge in [0.1, 0.15) is 5.75 Å². The van der Waals surface area contributed by atoms with Gasteiger partial charge in [0.05, 0.1) is 18.1 Å². The summed E-state index contributed by atoms with van der Waals surface area (Å²) in [4.78, 5) is 17.1. The molecule has 0 saturated heterocycles. The third-order valence-corrected chi connectivity index (χ3v) is 4.71. The Hall–Kier alpha value is -2.94. The van der Waals surface area contributed by atoms with Crippen LogP contribution >= 0.6 is 11.6 Å². The van der Waals surface area contributed by atoms with E-state index in [0.717, 1.165) is 11.6 Å². The Morgan fingerprint density at radius 1 is 1.39 bits per heavy atom. The third kappa shape index (κ3) is 6.04. The SMILES string of the molecule is CCOC(=O)CC(N)CN1C=CC=C(c2ccc(Oc3ncc(Cl)cc3F)cc2)C1O. The molecule has 3 N–H and O–H groups in total. The highest BCUT2D eigenvalue weighted by atomic mass is 35.5. The number of nitrogens with zero attached hydrogens (tertiary/aromatic N) is 2. The first kappa shape index (κ1) is 22.7. The number of nitrogens with two attached hydrogens (primary N) is 1. The van der Waals surface area contributed by atoms with Crippen LogP contribution in [0.15, 0.2) is 54.9 Å². The van der Waals surface area contributed by atoms with E-state index >= 15 is 0 Å². The molecule has 2 atom stereocenters. The molecule has 0 spiro atoms. The van der Waals surface area contributed by atoms with Gasteiger partial charge in [-0.1, -0.05) is 29.8 Å². The lowest BCUT2D eigenvalue weighted by atomic mass is 10.0. The van der Waals surface area contributed by atoms with Gasteiger partial charge in [-0.3, -0.25) is 4.79 Å². The molecule has 0 amide bonds. The number of hydrogen-bond acceptors (Lipinski definition) is 7. The van der Waals surface area contributed by atoms with Crippen molar-refractivity contribution < 1.29 is 23.8 Å². The van der Waals surface area contributed by atoms with Crippen molar-refractivity contribution in [2.75, 3.05) is 13.2 Å². The molecule has 2 unspecified atom stereocenters. The van der Waals surface area contributed by atoms with E-state index in [1.54, 1.807) is 54.4 Å². The first-order valence-corrected chi connectivity index (χ1v) is 10.1. The van der Waals surface area contributed by atoms with Crippen molar-refractivity contribution in [1.29, 1.82) is 0 Å². The van der Waals surface area contributed by atoms with Crippen molar-refractivity contribution >= 4 is 23.1 Å². The summed E-state index contributed by atoms with van der Waals surface area (Å²) in [5.74, 6) is -0.837. The number of ether oxygens (including phenoxy) is 2. The van der Waals surface area contributed by atoms with Gasteiger partial charge in [-0.25, -0.2) is 9.37 Å². The summed E-state index contributed by atoms with van der Waals surface area (Å²) in [6.45, 7) is 2.30. The average molecular weight is 448 g/mol. The smallest absolute Gasteiger partial charge is 0.307 e. The molecule has 7 nitrogen and oxygen atoms in total. The fraction of sp³-hybridized carbons (Fsp3) is 0.273. The summed E-state index contributed by atoms with van der Waals surface area (Å²) in [6.07, 6.45) is 5.70. The molecular formula is C22H23ClFN3O4. The number of esters is 1. The molecule has 1 aromatic heterocycles. The summed E-state index contributed by atoms with van der Waals surface area (Å²) >= 11 is 5.69. The highest BCUT2D eigenvalue weighted by molar-refractivity contribution is 6.30. The van der Waals surface area contributed by atoms with E-state index in [1.807, 2.05) is 0 Å². The second kappa shape index (κ2) is 10.4. The largest absolute Gasteiger partial charge is 0.466 e. The van der Waals surface area contributed by atoms with Gasteiger partial charge in [0.2, 0.25) is 0 Å². The zero-order valence-electron chi connectivity index (χ0n) is 16.9. The van der Waals surface area contributed by atoms with E-state index in [4.69, 9.17) is 26.8 Å². The van der Waals surface area contributed by atoms with Gasteiger partial charge in [-0.15, -0.1) is 0 Å². The first-order valence-electron chi connectivity index (χ1n) is 9.70. The Labute approximate surface area is 184 Å². The second-order valence-electron chi connectivity index (χ2n) is 6.87. The third-order valence-electron chi connectivity index (χ3n) is 4.50. The molecule has 0 fully saturated rings. The van der Waals surface area contributed by atoms with E-state index < -0.39 is 18.1 Å². The molecule has 3 rings (SSSR count). The fourth-order valence-corrected chi connectivity index (χ4v) is 3.23. The lowest BCUT2D eigenvalue weighted by Gasteiger charge is -2.32. The molecule has 1 aliphatic heterocycles. The summed E-state index contributed by atoms with van der Waals surface area (Å²) in [5, 5.41) is 10.9. The zero-order chi connectivity index (χ0) is 22.4. The van der Waals surface area contributed by atoms with Crippen LogP contribution in [0.5, 0.6) is 11.6 Å². The lowest BCUT2D eigenvalue weighted by molar-refractivity contribution is -0.143. The minimum atomic E-state index is -0.944. The Kier molecular flexibility index (Phi) is 7.62. The second-order valence-corrected chi connectivity index (χ2v) is 7.31. The highest BCUT2D eigenvalue weighted by Gasteiger charge is 2.23. The number of benzene rings is 1. The van der Waals surface area contributed by atoms with Crippen LogP contribution in [-0.2, 0) is 9.53 Å². The van der Waals surface area contributed by atoms with Crippen molar-refractivity contribution in [3.05, 3.63) is 71.3 Å². The summed E-state index contributed by atoms with van der Waals surface area (Å²) in [5.41, 5.74) is 7.42. The van der Waals surface area contributed by atoms with Gasteiger partial charge in [-0.2, -0.15) is 0 Å². The minimum Gasteiger partial charge on any atom is -0.466 e. The highest BCUT2D eigenvalue weighted by Crippen LogP contribution is 2.29. The van der Waals surface area contributed by atoms with Gasteiger partial charge in [-0.05, 0) is 36.8 Å². The molecule has 2 aromatic rings. The average Bonchev–Trinajstić information content (AvgIpc) is 2.72. The van der Waals surface area contributed by atoms with Gasteiger partial charge in [0.15, 0.2) is 12.0 Å². The quantitative estimate of drug-likeness (QED) is 0.598. The van der Waals surface area contributed by atoms with E-state index in [1.165, 1.54) is 6.20 Å². The molecule has 1 aromatic carbocycles. The number of aliphatic hydroxyl groups is 1. The van der Waals surface area contributed by atoms with Crippen molar-refractivity contribution in [3.63, 3.8) is 0 Å². The predicted molar refractivity (Wildman–Crippen MR) is 115 cm³/mol. The number of carbonyl (C=O) groups excluding carboxylic acids is 1. The van der Waals surface area contributed by atoms with Crippen molar-refractivity contribution in [2.45, 2.75) is 25.6 Å².